The van der Waals surface area contributed by atoms with Crippen molar-refractivity contribution >= 4 is 32.7 Å². The van der Waals surface area contributed by atoms with Gasteiger partial charge in [-0.25, -0.2) is 13.2 Å². The first-order valence-electron chi connectivity index (χ1n) is 8.75. The quantitative estimate of drug-likeness (QED) is 0.482. The first kappa shape index (κ1) is 19.5. The normalized spacial score (nSPS) is 11.5. The average molecular weight is 425 g/mol. The number of sulfone groups is 1. The van der Waals surface area contributed by atoms with Crippen molar-refractivity contribution in [2.75, 3.05) is 11.6 Å². The molecular formula is C20H15N3O6S. The smallest absolute Gasteiger partial charge is 0.349 e. The Balaban J connectivity index is 1.49. The molecule has 2 heterocycles. The largest absolute Gasteiger partial charge is 0.422 e. The molecule has 1 N–H and O–H groups in total. The maximum Gasteiger partial charge on any atom is 0.349 e. The van der Waals surface area contributed by atoms with Crippen molar-refractivity contribution in [2.45, 2.75) is 11.3 Å². The van der Waals surface area contributed by atoms with Gasteiger partial charge in [0.1, 0.15) is 11.1 Å². The van der Waals surface area contributed by atoms with Crippen LogP contribution < -0.4 is 10.9 Å². The molecule has 0 aliphatic carbocycles. The van der Waals surface area contributed by atoms with Crippen molar-refractivity contribution in [3.05, 3.63) is 82.0 Å². The van der Waals surface area contributed by atoms with Crippen molar-refractivity contribution < 1.29 is 22.0 Å². The van der Waals surface area contributed by atoms with Gasteiger partial charge in [0.2, 0.25) is 5.89 Å². The van der Waals surface area contributed by atoms with Crippen molar-refractivity contribution in [3.8, 4) is 0 Å². The highest BCUT2D eigenvalue weighted by atomic mass is 32.2. The molecule has 0 saturated carbocycles. The predicted molar refractivity (Wildman–Crippen MR) is 107 cm³/mol. The summed E-state index contributed by atoms with van der Waals surface area (Å²) in [6, 6.07) is 14.3. The van der Waals surface area contributed by atoms with Crippen LogP contribution in [0, 0.1) is 0 Å². The molecule has 4 aromatic rings. The topological polar surface area (TPSA) is 132 Å². The number of fused-ring (bicyclic) bond motifs is 1. The highest BCUT2D eigenvalue weighted by molar-refractivity contribution is 7.90. The van der Waals surface area contributed by atoms with Gasteiger partial charge in [0.15, 0.2) is 9.84 Å². The van der Waals surface area contributed by atoms with E-state index in [1.807, 2.05) is 0 Å². The van der Waals surface area contributed by atoms with Crippen molar-refractivity contribution in [3.63, 3.8) is 0 Å². The summed E-state index contributed by atoms with van der Waals surface area (Å²) in [5.74, 6) is -0.523. The molecule has 0 saturated heterocycles. The number of anilines is 1. The monoisotopic (exact) mass is 425 g/mol. The van der Waals surface area contributed by atoms with E-state index < -0.39 is 21.4 Å². The van der Waals surface area contributed by atoms with Crippen LogP contribution in [0.1, 0.15) is 21.8 Å². The first-order chi connectivity index (χ1) is 14.3. The van der Waals surface area contributed by atoms with Crippen LogP contribution in [-0.4, -0.2) is 30.8 Å². The van der Waals surface area contributed by atoms with E-state index >= 15 is 0 Å². The maximum atomic E-state index is 12.4. The van der Waals surface area contributed by atoms with Gasteiger partial charge < -0.3 is 8.83 Å². The molecule has 0 fully saturated rings. The Morgan fingerprint density at radius 3 is 2.50 bits per heavy atom. The summed E-state index contributed by atoms with van der Waals surface area (Å²) in [7, 11) is -3.28. The Kier molecular flexibility index (Phi) is 4.92. The molecular weight excluding hydrogens is 410 g/mol. The minimum atomic E-state index is -3.28. The molecule has 10 heteroatoms. The fourth-order valence-electron chi connectivity index (χ4n) is 2.79. The van der Waals surface area contributed by atoms with Crippen LogP contribution in [0.2, 0.25) is 0 Å². The fourth-order valence-corrected chi connectivity index (χ4v) is 3.42. The van der Waals surface area contributed by atoms with Gasteiger partial charge in [0, 0.05) is 11.6 Å². The van der Waals surface area contributed by atoms with Gasteiger partial charge in [-0.3, -0.25) is 10.1 Å². The van der Waals surface area contributed by atoms with E-state index in [-0.39, 0.29) is 28.8 Å². The van der Waals surface area contributed by atoms with Crippen molar-refractivity contribution in [1.82, 2.24) is 10.2 Å². The summed E-state index contributed by atoms with van der Waals surface area (Å²) >= 11 is 0. The minimum absolute atomic E-state index is 0.171. The van der Waals surface area contributed by atoms with Crippen molar-refractivity contribution in [2.24, 2.45) is 0 Å². The standard InChI is InChI=1S/C20H15N3O6S/c1-30(26,27)14-8-6-12(7-9-14)10-17-22-23-20(29-17)21-18(24)15-11-13-4-2-3-5-16(13)28-19(15)25/h2-9,11H,10H2,1H3,(H,21,23,24). The van der Waals surface area contributed by atoms with Gasteiger partial charge in [0.25, 0.3) is 5.91 Å². The molecule has 0 unspecified atom stereocenters. The van der Waals surface area contributed by atoms with Gasteiger partial charge >= 0.3 is 11.6 Å². The maximum absolute atomic E-state index is 12.4. The summed E-state index contributed by atoms with van der Waals surface area (Å²) in [5.41, 5.74) is 0.154. The van der Waals surface area contributed by atoms with E-state index in [1.165, 1.54) is 18.2 Å². The lowest BCUT2D eigenvalue weighted by atomic mass is 10.1. The zero-order valence-electron chi connectivity index (χ0n) is 15.7. The van der Waals surface area contributed by atoms with Gasteiger partial charge in [-0.05, 0) is 29.8 Å². The number of hydrogen-bond donors (Lipinski definition) is 1. The Hall–Kier alpha value is -3.79. The zero-order chi connectivity index (χ0) is 21.3. The molecule has 1 amide bonds. The van der Waals surface area contributed by atoms with Crippen molar-refractivity contribution in [1.29, 1.82) is 0 Å². The molecule has 0 radical (unpaired) electrons. The second-order valence-corrected chi connectivity index (χ2v) is 8.55. The molecule has 0 spiro atoms. The van der Waals surface area contributed by atoms with Crippen LogP contribution in [0.5, 0.6) is 0 Å². The van der Waals surface area contributed by atoms with Crippen LogP contribution in [0.4, 0.5) is 6.01 Å². The second kappa shape index (κ2) is 7.56. The number of amides is 1. The SMILES string of the molecule is CS(=O)(=O)c1ccc(Cc2nnc(NC(=O)c3cc4ccccc4oc3=O)o2)cc1. The third kappa shape index (κ3) is 4.13. The number of hydrogen-bond acceptors (Lipinski definition) is 8. The number of nitrogens with zero attached hydrogens (tertiary/aromatic N) is 2. The van der Waals surface area contributed by atoms with E-state index in [2.05, 4.69) is 15.5 Å². The molecule has 0 aliphatic rings. The van der Waals surface area contributed by atoms with E-state index in [0.717, 1.165) is 11.8 Å². The Morgan fingerprint density at radius 2 is 1.77 bits per heavy atom. The summed E-state index contributed by atoms with van der Waals surface area (Å²) in [5, 5.41) is 10.6. The highest BCUT2D eigenvalue weighted by Gasteiger charge is 2.17. The number of nitrogens with one attached hydrogen (secondary N) is 1. The molecule has 2 aromatic heterocycles. The molecule has 0 atom stereocenters. The number of aromatic nitrogens is 2. The lowest BCUT2D eigenvalue weighted by Crippen LogP contribution is -2.20. The molecule has 152 valence electrons. The zero-order valence-corrected chi connectivity index (χ0v) is 16.5. The van der Waals surface area contributed by atoms with Crippen LogP contribution >= 0.6 is 0 Å². The molecule has 2 aromatic carbocycles. The summed E-state index contributed by atoms with van der Waals surface area (Å²) in [6.45, 7) is 0. The summed E-state index contributed by atoms with van der Waals surface area (Å²) < 4.78 is 33.6. The van der Waals surface area contributed by atoms with E-state index in [9.17, 15) is 18.0 Å². The lowest BCUT2D eigenvalue weighted by Gasteiger charge is -2.02. The Labute approximate surface area is 170 Å². The third-order valence-corrected chi connectivity index (χ3v) is 5.41. The van der Waals surface area contributed by atoms with Crippen LogP contribution in [0.3, 0.4) is 0 Å². The number of carbonyl (C=O) groups excluding carboxylic acids is 1. The molecule has 0 aliphatic heterocycles. The molecule has 4 rings (SSSR count). The van der Waals surface area contributed by atoms with E-state index in [4.69, 9.17) is 8.83 Å². The highest BCUT2D eigenvalue weighted by Crippen LogP contribution is 2.16. The van der Waals surface area contributed by atoms with Crippen LogP contribution in [0.25, 0.3) is 11.0 Å². The predicted octanol–water partition coefficient (Wildman–Crippen LogP) is 2.42. The lowest BCUT2D eigenvalue weighted by molar-refractivity contribution is 0.102. The van der Waals surface area contributed by atoms with Gasteiger partial charge in [0.05, 0.1) is 11.3 Å². The van der Waals surface area contributed by atoms with Gasteiger partial charge in [-0.15, -0.1) is 5.10 Å². The van der Waals surface area contributed by atoms with E-state index in [1.54, 1.807) is 36.4 Å². The van der Waals surface area contributed by atoms with E-state index in [0.29, 0.717) is 11.0 Å². The third-order valence-electron chi connectivity index (χ3n) is 4.28. The molecule has 0 bridgehead atoms. The fraction of sp³-hybridized carbons (Fsp3) is 0.100. The minimum Gasteiger partial charge on any atom is -0.422 e. The van der Waals surface area contributed by atoms with Gasteiger partial charge in [-0.2, -0.15) is 0 Å². The van der Waals surface area contributed by atoms with Gasteiger partial charge in [-0.1, -0.05) is 35.4 Å². The number of benzene rings is 2. The summed E-state index contributed by atoms with van der Waals surface area (Å²) in [6.07, 6.45) is 1.37. The average Bonchev–Trinajstić information content (AvgIpc) is 3.13. The van der Waals surface area contributed by atoms with Crippen LogP contribution in [0.15, 0.2) is 73.1 Å². The number of carbonyl (C=O) groups is 1. The molecule has 30 heavy (non-hydrogen) atoms. The number of para-hydroxylation sites is 1. The first-order valence-corrected chi connectivity index (χ1v) is 10.6. The summed E-state index contributed by atoms with van der Waals surface area (Å²) in [4.78, 5) is 24.7. The second-order valence-electron chi connectivity index (χ2n) is 6.53. The number of rotatable bonds is 5. The Morgan fingerprint density at radius 1 is 1.03 bits per heavy atom. The Bertz CT molecular complexity index is 1400. The van der Waals surface area contributed by atoms with Crippen LogP contribution in [-0.2, 0) is 16.3 Å². The molecule has 9 nitrogen and oxygen atoms in total.